The van der Waals surface area contributed by atoms with Crippen LogP contribution in [0, 0.1) is 0 Å². The Kier molecular flexibility index (Phi) is 1.50. The second kappa shape index (κ2) is 2.41. The van der Waals surface area contributed by atoms with Gasteiger partial charge < -0.3 is 9.84 Å². The summed E-state index contributed by atoms with van der Waals surface area (Å²) in [5.41, 5.74) is 0.949. The Balaban J connectivity index is 2.55. The van der Waals surface area contributed by atoms with Crippen LogP contribution in [0.1, 0.15) is 25.3 Å². The zero-order valence-corrected chi connectivity index (χ0v) is 7.24. The first kappa shape index (κ1) is 7.47. The number of aromatic hydroxyl groups is 1. The molecule has 64 valence electrons. The summed E-state index contributed by atoms with van der Waals surface area (Å²) in [5, 5.41) is 9.54. The van der Waals surface area contributed by atoms with Crippen molar-refractivity contribution >= 4 is 0 Å². The maximum Gasteiger partial charge on any atom is 0.127 e. The van der Waals surface area contributed by atoms with Gasteiger partial charge in [0.15, 0.2) is 0 Å². The number of hydrogen-bond acceptors (Lipinski definition) is 2. The first-order valence-corrected chi connectivity index (χ1v) is 4.18. The summed E-state index contributed by atoms with van der Waals surface area (Å²) in [7, 11) is 0. The van der Waals surface area contributed by atoms with E-state index in [1.807, 2.05) is 13.0 Å². The molecule has 2 heteroatoms. The molecule has 12 heavy (non-hydrogen) atoms. The van der Waals surface area contributed by atoms with Gasteiger partial charge in [0.25, 0.3) is 0 Å². The van der Waals surface area contributed by atoms with Crippen LogP contribution in [0.15, 0.2) is 18.2 Å². The number of benzene rings is 1. The summed E-state index contributed by atoms with van der Waals surface area (Å²) >= 11 is 0. The fourth-order valence-electron chi connectivity index (χ4n) is 1.63. The zero-order chi connectivity index (χ0) is 8.72. The predicted molar refractivity (Wildman–Crippen MR) is 46.6 cm³/mol. The predicted octanol–water partition coefficient (Wildman–Crippen LogP) is 2.28. The molecule has 0 amide bonds. The third-order valence-electron chi connectivity index (χ3n) is 2.52. The SMILES string of the molecule is C[C@@H]1Oc2cccc(O)c2[C@@H]1C. The van der Waals surface area contributed by atoms with Crippen LogP contribution in [0.4, 0.5) is 0 Å². The monoisotopic (exact) mass is 164 g/mol. The van der Waals surface area contributed by atoms with Gasteiger partial charge in [-0.25, -0.2) is 0 Å². The van der Waals surface area contributed by atoms with Crippen LogP contribution in [-0.4, -0.2) is 11.2 Å². The summed E-state index contributed by atoms with van der Waals surface area (Å²) in [6, 6.07) is 5.41. The molecule has 0 unspecified atom stereocenters. The zero-order valence-electron chi connectivity index (χ0n) is 7.24. The lowest BCUT2D eigenvalue weighted by atomic mass is 9.98. The van der Waals surface area contributed by atoms with Gasteiger partial charge in [-0.3, -0.25) is 0 Å². The molecule has 0 fully saturated rings. The molecule has 2 atom stereocenters. The minimum atomic E-state index is 0.174. The molecule has 1 aliphatic heterocycles. The number of hydrogen-bond donors (Lipinski definition) is 1. The van der Waals surface area contributed by atoms with E-state index in [4.69, 9.17) is 4.74 Å². The van der Waals surface area contributed by atoms with E-state index in [-0.39, 0.29) is 6.10 Å². The van der Waals surface area contributed by atoms with Gasteiger partial charge >= 0.3 is 0 Å². The van der Waals surface area contributed by atoms with Crippen molar-refractivity contribution in [2.75, 3.05) is 0 Å². The molecule has 0 spiro atoms. The molecule has 0 saturated carbocycles. The molecule has 2 nitrogen and oxygen atoms in total. The molecular formula is C10H12O2. The second-order valence-electron chi connectivity index (χ2n) is 3.30. The van der Waals surface area contributed by atoms with Crippen LogP contribution < -0.4 is 4.74 Å². The van der Waals surface area contributed by atoms with Gasteiger partial charge in [0.1, 0.15) is 17.6 Å². The van der Waals surface area contributed by atoms with Gasteiger partial charge in [-0.1, -0.05) is 13.0 Å². The molecule has 0 radical (unpaired) electrons. The van der Waals surface area contributed by atoms with Crippen LogP contribution in [0.2, 0.25) is 0 Å². The van der Waals surface area contributed by atoms with Crippen LogP contribution in [-0.2, 0) is 0 Å². The lowest BCUT2D eigenvalue weighted by Crippen LogP contribution is -2.10. The molecule has 1 aromatic rings. The minimum absolute atomic E-state index is 0.174. The van der Waals surface area contributed by atoms with Crippen LogP contribution in [0.3, 0.4) is 0 Å². The molecule has 0 aromatic heterocycles. The maximum absolute atomic E-state index is 9.54. The van der Waals surface area contributed by atoms with Crippen molar-refractivity contribution in [2.45, 2.75) is 25.9 Å². The summed E-state index contributed by atoms with van der Waals surface area (Å²) in [5.74, 6) is 1.47. The van der Waals surface area contributed by atoms with Gasteiger partial charge in [0.2, 0.25) is 0 Å². The summed E-state index contributed by atoms with van der Waals surface area (Å²) in [4.78, 5) is 0. The largest absolute Gasteiger partial charge is 0.508 e. The summed E-state index contributed by atoms with van der Waals surface area (Å²) in [6.45, 7) is 4.08. The van der Waals surface area contributed by atoms with Crippen molar-refractivity contribution in [1.82, 2.24) is 0 Å². The quantitative estimate of drug-likeness (QED) is 0.637. The van der Waals surface area contributed by atoms with Crippen LogP contribution in [0.25, 0.3) is 0 Å². The second-order valence-corrected chi connectivity index (χ2v) is 3.30. The first-order chi connectivity index (χ1) is 5.70. The fourth-order valence-corrected chi connectivity index (χ4v) is 1.63. The van der Waals surface area contributed by atoms with Crippen LogP contribution in [0.5, 0.6) is 11.5 Å². The van der Waals surface area contributed by atoms with E-state index in [1.54, 1.807) is 12.1 Å². The summed E-state index contributed by atoms with van der Waals surface area (Å²) in [6.07, 6.45) is 0.174. The number of phenolic OH excluding ortho intramolecular Hbond substituents is 1. The van der Waals surface area contributed by atoms with Gasteiger partial charge in [-0.2, -0.15) is 0 Å². The molecule has 1 N–H and O–H groups in total. The third kappa shape index (κ3) is 0.876. The lowest BCUT2D eigenvalue weighted by molar-refractivity contribution is 0.232. The molecule has 1 aliphatic rings. The molecule has 1 aromatic carbocycles. The molecule has 0 bridgehead atoms. The lowest BCUT2D eigenvalue weighted by Gasteiger charge is -2.07. The highest BCUT2D eigenvalue weighted by molar-refractivity contribution is 5.49. The molecule has 0 aliphatic carbocycles. The Hall–Kier alpha value is -1.18. The van der Waals surface area contributed by atoms with Crippen molar-refractivity contribution in [3.63, 3.8) is 0 Å². The van der Waals surface area contributed by atoms with Gasteiger partial charge in [-0.15, -0.1) is 0 Å². The number of phenols is 1. The van der Waals surface area contributed by atoms with Crippen molar-refractivity contribution in [2.24, 2.45) is 0 Å². The molecule has 0 saturated heterocycles. The fraction of sp³-hybridized carbons (Fsp3) is 0.400. The van der Waals surface area contributed by atoms with E-state index in [0.29, 0.717) is 11.7 Å². The van der Waals surface area contributed by atoms with E-state index in [1.165, 1.54) is 0 Å². The van der Waals surface area contributed by atoms with Gasteiger partial charge in [-0.05, 0) is 19.1 Å². The Morgan fingerprint density at radius 1 is 1.33 bits per heavy atom. The molecular weight excluding hydrogens is 152 g/mol. The van der Waals surface area contributed by atoms with E-state index < -0.39 is 0 Å². The first-order valence-electron chi connectivity index (χ1n) is 4.18. The van der Waals surface area contributed by atoms with E-state index in [2.05, 4.69) is 6.92 Å². The average Bonchev–Trinajstić information content (AvgIpc) is 2.29. The standard InChI is InChI=1S/C10H12O2/c1-6-7(2)12-9-5-3-4-8(11)10(6)9/h3-7,11H,1-2H3/t6-,7+/m1/s1. The van der Waals surface area contributed by atoms with Gasteiger partial charge in [0, 0.05) is 11.5 Å². The maximum atomic E-state index is 9.54. The summed E-state index contributed by atoms with van der Waals surface area (Å²) < 4.78 is 5.54. The van der Waals surface area contributed by atoms with Crippen LogP contribution >= 0.6 is 0 Å². The highest BCUT2D eigenvalue weighted by atomic mass is 16.5. The Morgan fingerprint density at radius 3 is 2.75 bits per heavy atom. The highest BCUT2D eigenvalue weighted by Gasteiger charge is 2.29. The Bertz CT molecular complexity index is 307. The Labute approximate surface area is 71.8 Å². The third-order valence-corrected chi connectivity index (χ3v) is 2.52. The normalized spacial score (nSPS) is 26.5. The van der Waals surface area contributed by atoms with Crippen molar-refractivity contribution in [1.29, 1.82) is 0 Å². The van der Waals surface area contributed by atoms with E-state index in [0.717, 1.165) is 11.3 Å². The van der Waals surface area contributed by atoms with E-state index >= 15 is 0 Å². The van der Waals surface area contributed by atoms with Crippen molar-refractivity contribution < 1.29 is 9.84 Å². The highest BCUT2D eigenvalue weighted by Crippen LogP contribution is 2.42. The number of ether oxygens (including phenoxy) is 1. The topological polar surface area (TPSA) is 29.5 Å². The van der Waals surface area contributed by atoms with E-state index in [9.17, 15) is 5.11 Å². The van der Waals surface area contributed by atoms with Crippen molar-refractivity contribution in [3.05, 3.63) is 23.8 Å². The smallest absolute Gasteiger partial charge is 0.127 e. The minimum Gasteiger partial charge on any atom is -0.508 e. The molecule has 2 rings (SSSR count). The number of fused-ring (bicyclic) bond motifs is 1. The molecule has 1 heterocycles. The Morgan fingerprint density at radius 2 is 2.08 bits per heavy atom. The number of rotatable bonds is 0. The van der Waals surface area contributed by atoms with Gasteiger partial charge in [0.05, 0.1) is 0 Å². The average molecular weight is 164 g/mol. The van der Waals surface area contributed by atoms with Crippen molar-refractivity contribution in [3.8, 4) is 11.5 Å².